The second kappa shape index (κ2) is 12.9. The number of aromatic nitrogens is 3. The van der Waals surface area contributed by atoms with Gasteiger partial charge in [0.15, 0.2) is 0 Å². The number of sulfone groups is 1. The van der Waals surface area contributed by atoms with E-state index in [-0.39, 0.29) is 46.7 Å². The topological polar surface area (TPSA) is 140 Å². The second-order valence-electron chi connectivity index (χ2n) is 12.0. The van der Waals surface area contributed by atoms with Crippen molar-refractivity contribution in [2.24, 2.45) is 0 Å². The summed E-state index contributed by atoms with van der Waals surface area (Å²) in [6.45, 7) is 13.3. The molecular weight excluding hydrogens is 559 g/mol. The van der Waals surface area contributed by atoms with E-state index in [0.717, 1.165) is 6.26 Å². The minimum atomic E-state index is -3.72. The Labute approximate surface area is 244 Å². The van der Waals surface area contributed by atoms with Crippen LogP contribution in [0.15, 0.2) is 22.2 Å². The maximum atomic E-state index is 13.6. The van der Waals surface area contributed by atoms with Gasteiger partial charge >= 0.3 is 0 Å². The second-order valence-corrected chi connectivity index (χ2v) is 19.5. The summed E-state index contributed by atoms with van der Waals surface area (Å²) in [5.41, 5.74) is 5.34. The number of carbonyl (C=O) groups excluding carboxylic acids is 2. The Kier molecular flexibility index (Phi) is 10.2. The molecule has 3 rings (SSSR count). The molecule has 2 N–H and O–H groups in total. The van der Waals surface area contributed by atoms with Crippen molar-refractivity contribution >= 4 is 40.8 Å². The zero-order valence-electron chi connectivity index (χ0n) is 25.4. The van der Waals surface area contributed by atoms with E-state index in [4.69, 9.17) is 0 Å². The lowest BCUT2D eigenvalue weighted by Gasteiger charge is -2.38. The number of nitrogens with one attached hydrogen (secondary N) is 2. The lowest BCUT2D eigenvalue weighted by molar-refractivity contribution is -0.129. The molecular formula is C29H43N5O5SSi. The van der Waals surface area contributed by atoms with Gasteiger partial charge in [-0.2, -0.15) is 4.98 Å². The van der Waals surface area contributed by atoms with Crippen LogP contribution in [0.25, 0.3) is 11.0 Å². The van der Waals surface area contributed by atoms with Crippen molar-refractivity contribution in [2.75, 3.05) is 13.3 Å². The van der Waals surface area contributed by atoms with Gasteiger partial charge in [0, 0.05) is 43.2 Å². The highest BCUT2D eigenvalue weighted by Crippen LogP contribution is 2.41. The molecule has 41 heavy (non-hydrogen) atoms. The fourth-order valence-electron chi connectivity index (χ4n) is 6.34. The van der Waals surface area contributed by atoms with Crippen molar-refractivity contribution in [3.8, 4) is 11.5 Å². The molecule has 2 amide bonds. The highest BCUT2D eigenvalue weighted by atomic mass is 32.2. The number of amides is 2. The van der Waals surface area contributed by atoms with Crippen molar-refractivity contribution in [1.82, 2.24) is 25.2 Å². The van der Waals surface area contributed by atoms with Crippen LogP contribution < -0.4 is 16.2 Å². The van der Waals surface area contributed by atoms with E-state index >= 15 is 0 Å². The van der Waals surface area contributed by atoms with E-state index in [9.17, 15) is 22.8 Å². The molecule has 12 heteroatoms. The van der Waals surface area contributed by atoms with Gasteiger partial charge in [-0.25, -0.2) is 13.4 Å². The minimum absolute atomic E-state index is 0.113. The Morgan fingerprint density at radius 2 is 1.63 bits per heavy atom. The van der Waals surface area contributed by atoms with Crippen molar-refractivity contribution < 1.29 is 18.0 Å². The van der Waals surface area contributed by atoms with E-state index in [0.29, 0.717) is 53.3 Å². The molecule has 0 unspecified atom stereocenters. The Hall–Kier alpha value is -3.04. The largest absolute Gasteiger partial charge is 0.359 e. The van der Waals surface area contributed by atoms with Crippen LogP contribution in [-0.2, 0) is 19.4 Å². The molecule has 2 aromatic rings. The zero-order chi connectivity index (χ0) is 30.7. The summed E-state index contributed by atoms with van der Waals surface area (Å²) in [4.78, 5) is 45.9. The summed E-state index contributed by atoms with van der Waals surface area (Å²) in [6, 6.07) is 1.17. The van der Waals surface area contributed by atoms with Crippen LogP contribution >= 0.6 is 0 Å². The molecule has 2 heterocycles. The minimum Gasteiger partial charge on any atom is -0.359 e. The molecule has 0 aliphatic heterocycles. The van der Waals surface area contributed by atoms with Gasteiger partial charge in [-0.1, -0.05) is 47.5 Å². The summed E-state index contributed by atoms with van der Waals surface area (Å²) in [7, 11) is -4.34. The molecule has 0 spiro atoms. The van der Waals surface area contributed by atoms with E-state index in [2.05, 4.69) is 73.6 Å². The predicted octanol–water partition coefficient (Wildman–Crippen LogP) is 3.50. The highest BCUT2D eigenvalue weighted by Gasteiger charge is 2.41. The Balaban J connectivity index is 2.07. The van der Waals surface area contributed by atoms with E-state index < -0.39 is 17.9 Å². The number of hydrogen-bond acceptors (Lipinski definition) is 7. The molecule has 1 fully saturated rings. The van der Waals surface area contributed by atoms with Gasteiger partial charge in [0.05, 0.1) is 5.39 Å². The standard InChI is InChI=1S/C29H43N5O5SSi/c1-18(2)41(19(3)4,20(5)6)14-13-21-15-27(37)34(28-24(21)17-31-29(33-28)40(8,38)39)23-11-9-22(10-12-23)32-26(36)16-25(35)30-7/h15,17-20,22-23H,9-12,16H2,1-8H3,(H,30,35)(H,32,36). The number of fused-ring (bicyclic) bond motifs is 1. The summed E-state index contributed by atoms with van der Waals surface area (Å²) in [6.07, 6.45) is 4.64. The number of pyridine rings is 1. The van der Waals surface area contributed by atoms with Gasteiger partial charge < -0.3 is 10.6 Å². The molecule has 0 aromatic carbocycles. The number of nitrogens with zero attached hydrogens (tertiary/aromatic N) is 3. The fraction of sp³-hybridized carbons (Fsp3) is 0.621. The van der Waals surface area contributed by atoms with E-state index in [1.807, 2.05) is 0 Å². The molecule has 10 nitrogen and oxygen atoms in total. The first-order valence-electron chi connectivity index (χ1n) is 14.3. The Bertz CT molecular complexity index is 1510. The summed E-state index contributed by atoms with van der Waals surface area (Å²) < 4.78 is 26.3. The van der Waals surface area contributed by atoms with Gasteiger partial charge in [0.25, 0.3) is 5.56 Å². The molecule has 0 saturated heterocycles. The van der Waals surface area contributed by atoms with Crippen LogP contribution in [0, 0.1) is 11.5 Å². The van der Waals surface area contributed by atoms with Crippen molar-refractivity contribution in [2.45, 2.75) is 108 Å². The van der Waals surface area contributed by atoms with Gasteiger partial charge in [0.2, 0.25) is 26.8 Å². The third-order valence-corrected chi connectivity index (χ3v) is 15.6. The molecule has 1 aliphatic carbocycles. The fourth-order valence-corrected chi connectivity index (χ4v) is 12.1. The van der Waals surface area contributed by atoms with Crippen molar-refractivity contribution in [1.29, 1.82) is 0 Å². The lowest BCUT2D eigenvalue weighted by atomic mass is 9.90. The first-order valence-corrected chi connectivity index (χ1v) is 18.4. The van der Waals surface area contributed by atoms with Crippen LogP contribution in [0.2, 0.25) is 16.6 Å². The Morgan fingerprint density at radius 3 is 2.15 bits per heavy atom. The molecule has 0 radical (unpaired) electrons. The zero-order valence-corrected chi connectivity index (χ0v) is 27.2. The molecule has 1 saturated carbocycles. The van der Waals surface area contributed by atoms with Crippen LogP contribution in [-0.4, -0.2) is 62.2 Å². The van der Waals surface area contributed by atoms with Crippen LogP contribution in [0.5, 0.6) is 0 Å². The van der Waals surface area contributed by atoms with Crippen LogP contribution in [0.3, 0.4) is 0 Å². The van der Waals surface area contributed by atoms with Crippen molar-refractivity contribution in [3.63, 3.8) is 0 Å². The highest BCUT2D eigenvalue weighted by molar-refractivity contribution is 7.90. The molecule has 2 aromatic heterocycles. The Morgan fingerprint density at radius 1 is 1.05 bits per heavy atom. The quantitative estimate of drug-likeness (QED) is 0.204. The third kappa shape index (κ3) is 7.06. The van der Waals surface area contributed by atoms with Gasteiger partial charge in [-0.3, -0.25) is 19.0 Å². The summed E-state index contributed by atoms with van der Waals surface area (Å²) in [5.74, 6) is 2.65. The molecule has 0 atom stereocenters. The van der Waals surface area contributed by atoms with Gasteiger partial charge in [-0.05, 0) is 42.3 Å². The van der Waals surface area contributed by atoms with Crippen LogP contribution in [0.1, 0.15) is 85.3 Å². The van der Waals surface area contributed by atoms with Gasteiger partial charge in [0.1, 0.15) is 20.1 Å². The average Bonchev–Trinajstić information content (AvgIpc) is 2.88. The predicted molar refractivity (Wildman–Crippen MR) is 163 cm³/mol. The summed E-state index contributed by atoms with van der Waals surface area (Å²) in [5, 5.41) is 5.54. The molecule has 0 bridgehead atoms. The smallest absolute Gasteiger partial charge is 0.253 e. The van der Waals surface area contributed by atoms with Crippen molar-refractivity contribution in [3.05, 3.63) is 28.2 Å². The first kappa shape index (κ1) is 32.5. The summed E-state index contributed by atoms with van der Waals surface area (Å²) >= 11 is 0. The SMILES string of the molecule is CNC(=O)CC(=O)NC1CCC(n2c(=O)cc(C#C[Si](C(C)C)(C(C)C)C(C)C)c3cnc(S(C)(=O)=O)nc32)CC1. The maximum absolute atomic E-state index is 13.6. The third-order valence-electron chi connectivity index (χ3n) is 8.41. The number of hydrogen-bond donors (Lipinski definition) is 2. The number of rotatable bonds is 8. The maximum Gasteiger partial charge on any atom is 0.253 e. The van der Waals surface area contributed by atoms with Crippen LogP contribution in [0.4, 0.5) is 0 Å². The normalized spacial score (nSPS) is 17.9. The van der Waals surface area contributed by atoms with Gasteiger partial charge in [-0.15, -0.1) is 5.54 Å². The molecule has 224 valence electrons. The van der Waals surface area contributed by atoms with E-state index in [1.54, 1.807) is 4.57 Å². The monoisotopic (exact) mass is 601 g/mol. The lowest BCUT2D eigenvalue weighted by Crippen LogP contribution is -2.43. The average molecular weight is 602 g/mol. The number of carbonyl (C=O) groups is 2. The first-order chi connectivity index (χ1) is 19.1. The molecule has 1 aliphatic rings. The van der Waals surface area contributed by atoms with E-state index in [1.165, 1.54) is 19.3 Å².